The molecular weight excluding hydrogens is 238 g/mol. The maximum Gasteiger partial charge on any atom is 0.234 e. The Balaban J connectivity index is 2.12. The molecule has 0 unspecified atom stereocenters. The van der Waals surface area contributed by atoms with Gasteiger partial charge in [0.05, 0.1) is 11.0 Å². The van der Waals surface area contributed by atoms with E-state index in [9.17, 15) is 4.79 Å². The highest BCUT2D eigenvalue weighted by molar-refractivity contribution is 6.27. The molecule has 2 rings (SSSR count). The van der Waals surface area contributed by atoms with E-state index in [0.717, 1.165) is 16.9 Å². The number of amides is 1. The maximum atomic E-state index is 11.0. The molecule has 0 saturated carbocycles. The molecule has 0 aliphatic heterocycles. The SMILES string of the molecule is Cc1nc2ccccc2n1CCNC(=O)CCl. The van der Waals surface area contributed by atoms with E-state index in [4.69, 9.17) is 11.6 Å². The molecule has 0 atom stereocenters. The van der Waals surface area contributed by atoms with Crippen molar-refractivity contribution in [2.24, 2.45) is 0 Å². The van der Waals surface area contributed by atoms with Gasteiger partial charge in [-0.25, -0.2) is 4.98 Å². The molecule has 5 heteroatoms. The predicted octanol–water partition coefficient (Wildman–Crippen LogP) is 1.70. The van der Waals surface area contributed by atoms with Gasteiger partial charge in [-0.05, 0) is 19.1 Å². The van der Waals surface area contributed by atoms with Gasteiger partial charge in [-0.3, -0.25) is 4.79 Å². The van der Waals surface area contributed by atoms with E-state index >= 15 is 0 Å². The van der Waals surface area contributed by atoms with E-state index in [1.807, 2.05) is 31.2 Å². The Morgan fingerprint density at radius 2 is 2.24 bits per heavy atom. The lowest BCUT2D eigenvalue weighted by Gasteiger charge is -2.07. The number of aromatic nitrogens is 2. The number of hydrogen-bond acceptors (Lipinski definition) is 2. The number of carbonyl (C=O) groups excluding carboxylic acids is 1. The molecule has 90 valence electrons. The Morgan fingerprint density at radius 3 is 3.00 bits per heavy atom. The minimum atomic E-state index is -0.145. The lowest BCUT2D eigenvalue weighted by Crippen LogP contribution is -2.28. The number of nitrogens with one attached hydrogen (secondary N) is 1. The van der Waals surface area contributed by atoms with Gasteiger partial charge in [0.15, 0.2) is 0 Å². The normalized spacial score (nSPS) is 10.7. The fraction of sp³-hybridized carbons (Fsp3) is 0.333. The fourth-order valence-corrected chi connectivity index (χ4v) is 1.93. The van der Waals surface area contributed by atoms with Crippen LogP contribution in [0.2, 0.25) is 0 Å². The number of aryl methyl sites for hydroxylation is 1. The van der Waals surface area contributed by atoms with Gasteiger partial charge in [0.1, 0.15) is 11.7 Å². The van der Waals surface area contributed by atoms with Crippen LogP contribution in [0.1, 0.15) is 5.82 Å². The lowest BCUT2D eigenvalue weighted by molar-refractivity contribution is -0.118. The molecule has 4 nitrogen and oxygen atoms in total. The Bertz CT molecular complexity index is 536. The third-order valence-electron chi connectivity index (χ3n) is 2.62. The Hall–Kier alpha value is -1.55. The van der Waals surface area contributed by atoms with Crippen molar-refractivity contribution in [1.82, 2.24) is 14.9 Å². The zero-order valence-corrected chi connectivity index (χ0v) is 10.4. The summed E-state index contributed by atoms with van der Waals surface area (Å²) in [6.45, 7) is 3.23. The molecule has 0 fully saturated rings. The molecule has 0 saturated heterocycles. The van der Waals surface area contributed by atoms with Crippen LogP contribution in [-0.2, 0) is 11.3 Å². The minimum Gasteiger partial charge on any atom is -0.353 e. The number of nitrogens with zero attached hydrogens (tertiary/aromatic N) is 2. The number of fused-ring (bicyclic) bond motifs is 1. The second-order valence-electron chi connectivity index (χ2n) is 3.78. The van der Waals surface area contributed by atoms with Crippen LogP contribution in [0.3, 0.4) is 0 Å². The van der Waals surface area contributed by atoms with Crippen LogP contribution < -0.4 is 5.32 Å². The summed E-state index contributed by atoms with van der Waals surface area (Å²) in [6.07, 6.45) is 0. The third kappa shape index (κ3) is 2.58. The summed E-state index contributed by atoms with van der Waals surface area (Å²) in [4.78, 5) is 15.5. The molecule has 1 heterocycles. The molecule has 2 aromatic rings. The van der Waals surface area contributed by atoms with Crippen LogP contribution in [0.4, 0.5) is 0 Å². The second kappa shape index (κ2) is 5.19. The van der Waals surface area contributed by atoms with Crippen molar-refractivity contribution >= 4 is 28.5 Å². The molecule has 17 heavy (non-hydrogen) atoms. The van der Waals surface area contributed by atoms with E-state index in [-0.39, 0.29) is 11.8 Å². The smallest absolute Gasteiger partial charge is 0.234 e. The van der Waals surface area contributed by atoms with E-state index in [1.165, 1.54) is 0 Å². The van der Waals surface area contributed by atoms with E-state index < -0.39 is 0 Å². The van der Waals surface area contributed by atoms with Crippen LogP contribution in [0.5, 0.6) is 0 Å². The monoisotopic (exact) mass is 251 g/mol. The zero-order chi connectivity index (χ0) is 12.3. The van der Waals surface area contributed by atoms with Gasteiger partial charge in [0, 0.05) is 13.1 Å². The highest BCUT2D eigenvalue weighted by Crippen LogP contribution is 2.14. The first kappa shape index (κ1) is 11.9. The molecule has 0 spiro atoms. The van der Waals surface area contributed by atoms with E-state index in [2.05, 4.69) is 14.9 Å². The average Bonchev–Trinajstić information content (AvgIpc) is 2.66. The number of carbonyl (C=O) groups is 1. The molecule has 0 bridgehead atoms. The number of alkyl halides is 1. The van der Waals surface area contributed by atoms with Gasteiger partial charge >= 0.3 is 0 Å². The number of benzene rings is 1. The van der Waals surface area contributed by atoms with Crippen LogP contribution in [0.25, 0.3) is 11.0 Å². The van der Waals surface area contributed by atoms with Crippen molar-refractivity contribution in [3.8, 4) is 0 Å². The van der Waals surface area contributed by atoms with Crippen molar-refractivity contribution in [2.75, 3.05) is 12.4 Å². The van der Waals surface area contributed by atoms with Crippen molar-refractivity contribution in [3.63, 3.8) is 0 Å². The number of hydrogen-bond donors (Lipinski definition) is 1. The summed E-state index contributed by atoms with van der Waals surface area (Å²) in [7, 11) is 0. The molecule has 1 aromatic carbocycles. The number of halogens is 1. The second-order valence-corrected chi connectivity index (χ2v) is 4.05. The maximum absolute atomic E-state index is 11.0. The summed E-state index contributed by atoms with van der Waals surface area (Å²) < 4.78 is 2.09. The quantitative estimate of drug-likeness (QED) is 0.841. The largest absolute Gasteiger partial charge is 0.353 e. The number of para-hydroxylation sites is 2. The topological polar surface area (TPSA) is 46.9 Å². The van der Waals surface area contributed by atoms with Crippen LogP contribution >= 0.6 is 11.6 Å². The summed E-state index contributed by atoms with van der Waals surface area (Å²) in [5.41, 5.74) is 2.07. The van der Waals surface area contributed by atoms with Crippen molar-refractivity contribution in [1.29, 1.82) is 0 Å². The summed E-state index contributed by atoms with van der Waals surface area (Å²) in [5.74, 6) is 0.809. The first-order chi connectivity index (χ1) is 8.22. The summed E-state index contributed by atoms with van der Waals surface area (Å²) in [5, 5.41) is 2.74. The van der Waals surface area contributed by atoms with Gasteiger partial charge in [0.25, 0.3) is 0 Å². The Labute approximate surface area is 105 Å². The standard InChI is InChI=1S/C12H14ClN3O/c1-9-15-10-4-2-3-5-11(10)16(9)7-6-14-12(17)8-13/h2-5H,6-8H2,1H3,(H,14,17). The van der Waals surface area contributed by atoms with Crippen LogP contribution in [-0.4, -0.2) is 27.9 Å². The zero-order valence-electron chi connectivity index (χ0n) is 9.61. The van der Waals surface area contributed by atoms with Crippen molar-refractivity contribution < 1.29 is 4.79 Å². The van der Waals surface area contributed by atoms with Crippen LogP contribution in [0.15, 0.2) is 24.3 Å². The molecule has 0 aliphatic carbocycles. The molecular formula is C12H14ClN3O. The summed E-state index contributed by atoms with van der Waals surface area (Å²) in [6, 6.07) is 7.96. The Morgan fingerprint density at radius 1 is 1.47 bits per heavy atom. The molecule has 1 aromatic heterocycles. The molecule has 1 N–H and O–H groups in total. The van der Waals surface area contributed by atoms with Gasteiger partial charge in [-0.1, -0.05) is 12.1 Å². The van der Waals surface area contributed by atoms with Gasteiger partial charge in [0.2, 0.25) is 5.91 Å². The first-order valence-corrected chi connectivity index (χ1v) is 6.00. The number of rotatable bonds is 4. The first-order valence-electron chi connectivity index (χ1n) is 5.47. The molecule has 1 amide bonds. The van der Waals surface area contributed by atoms with E-state index in [0.29, 0.717) is 13.1 Å². The number of imidazole rings is 1. The highest BCUT2D eigenvalue weighted by atomic mass is 35.5. The minimum absolute atomic E-state index is 0.00363. The van der Waals surface area contributed by atoms with Gasteiger partial charge in [-0.15, -0.1) is 11.6 Å². The predicted molar refractivity (Wildman–Crippen MR) is 68.2 cm³/mol. The fourth-order valence-electron chi connectivity index (χ4n) is 1.83. The molecule has 0 radical (unpaired) electrons. The van der Waals surface area contributed by atoms with Gasteiger partial charge < -0.3 is 9.88 Å². The summed E-state index contributed by atoms with van der Waals surface area (Å²) >= 11 is 5.41. The lowest BCUT2D eigenvalue weighted by atomic mass is 10.3. The van der Waals surface area contributed by atoms with Crippen molar-refractivity contribution in [3.05, 3.63) is 30.1 Å². The van der Waals surface area contributed by atoms with Gasteiger partial charge in [-0.2, -0.15) is 0 Å². The Kier molecular flexibility index (Phi) is 3.64. The third-order valence-corrected chi connectivity index (χ3v) is 2.87. The van der Waals surface area contributed by atoms with E-state index in [1.54, 1.807) is 0 Å². The van der Waals surface area contributed by atoms with Crippen molar-refractivity contribution in [2.45, 2.75) is 13.5 Å². The molecule has 0 aliphatic rings. The average molecular weight is 252 g/mol. The van der Waals surface area contributed by atoms with Crippen LogP contribution in [0, 0.1) is 6.92 Å². The highest BCUT2D eigenvalue weighted by Gasteiger charge is 2.06.